The van der Waals surface area contributed by atoms with Gasteiger partial charge in [0.1, 0.15) is 48.2 Å². The molecule has 2 aliphatic heterocycles. The second kappa shape index (κ2) is 11.1. The molecule has 15 heteroatoms. The summed E-state index contributed by atoms with van der Waals surface area (Å²) in [7, 11) is 0. The number of carbonyl (C=O) groups excluding carboxylic acids is 4. The van der Waals surface area contributed by atoms with E-state index in [1.165, 1.54) is 30.1 Å². The van der Waals surface area contributed by atoms with Crippen LogP contribution in [0.5, 0.6) is 0 Å². The van der Waals surface area contributed by atoms with Crippen LogP contribution in [-0.2, 0) is 33.5 Å². The number of aromatic nitrogens is 1. The Hall–Kier alpha value is -3.72. The van der Waals surface area contributed by atoms with Crippen molar-refractivity contribution >= 4 is 63.5 Å². The normalized spacial score (nSPS) is 19.4. The highest BCUT2D eigenvalue weighted by atomic mass is 32.2. The van der Waals surface area contributed by atoms with Crippen LogP contribution in [0.3, 0.4) is 0 Å². The number of nitrogen functional groups attached to an aromatic ring is 1. The first-order valence-corrected chi connectivity index (χ1v) is 11.9. The highest BCUT2D eigenvalue weighted by Gasteiger charge is 2.54. The van der Waals surface area contributed by atoms with Crippen molar-refractivity contribution in [2.24, 2.45) is 5.16 Å². The first-order chi connectivity index (χ1) is 16.6. The molecule has 0 aromatic carbocycles. The number of carboxylic acid groups (broad SMARTS) is 1. The average molecular weight is 524 g/mol. The molecule has 1 saturated heterocycles. The second-order valence-corrected chi connectivity index (χ2v) is 9.25. The Kier molecular flexibility index (Phi) is 8.24. The number of esters is 1. The number of ether oxygens (including phenoxy) is 1. The molecule has 13 nitrogen and oxygen atoms in total. The second-order valence-electron chi connectivity index (χ2n) is 7.25. The highest BCUT2D eigenvalue weighted by Crippen LogP contribution is 2.40. The molecule has 1 aromatic heterocycles. The van der Waals surface area contributed by atoms with Gasteiger partial charge < -0.3 is 25.7 Å². The summed E-state index contributed by atoms with van der Waals surface area (Å²) in [5.74, 6) is -3.87. The molecular weight excluding hydrogens is 502 g/mol. The molecule has 2 amide bonds. The van der Waals surface area contributed by atoms with Gasteiger partial charge in [0.2, 0.25) is 0 Å². The molecule has 35 heavy (non-hydrogen) atoms. The Morgan fingerprint density at radius 3 is 2.77 bits per heavy atom. The number of rotatable bonds is 11. The summed E-state index contributed by atoms with van der Waals surface area (Å²) in [4.78, 5) is 70.4. The predicted molar refractivity (Wildman–Crippen MR) is 125 cm³/mol. The number of nitrogens with zero attached hydrogens (tertiary/aromatic N) is 3. The summed E-state index contributed by atoms with van der Waals surface area (Å²) in [6, 6.07) is -1.04. The van der Waals surface area contributed by atoms with Gasteiger partial charge >= 0.3 is 11.9 Å². The molecule has 186 valence electrons. The SMILES string of the molecule is C=CCO/N=C(/C(=O)N[C@@H]1C(=O)N2C(C(=O)O)=C(COC(=O)CC(C)=O)CS[C@H]12)c1csc(N)n1. The first-order valence-electron chi connectivity index (χ1n) is 10.0. The summed E-state index contributed by atoms with van der Waals surface area (Å²) in [5.41, 5.74) is 5.45. The van der Waals surface area contributed by atoms with Crippen molar-refractivity contribution in [3.8, 4) is 0 Å². The Labute approximate surface area is 207 Å². The van der Waals surface area contributed by atoms with E-state index in [1.807, 2.05) is 0 Å². The van der Waals surface area contributed by atoms with Gasteiger partial charge in [-0.25, -0.2) is 9.78 Å². The lowest BCUT2D eigenvalue weighted by Crippen LogP contribution is -2.71. The Morgan fingerprint density at radius 2 is 2.17 bits per heavy atom. The van der Waals surface area contributed by atoms with Crippen molar-refractivity contribution in [3.05, 3.63) is 35.0 Å². The van der Waals surface area contributed by atoms with E-state index < -0.39 is 47.4 Å². The monoisotopic (exact) mass is 523 g/mol. The number of carboxylic acids is 1. The highest BCUT2D eigenvalue weighted by molar-refractivity contribution is 8.00. The van der Waals surface area contributed by atoms with Gasteiger partial charge in [-0.05, 0) is 6.92 Å². The first kappa shape index (κ1) is 25.9. The zero-order valence-electron chi connectivity index (χ0n) is 18.4. The van der Waals surface area contributed by atoms with Crippen molar-refractivity contribution in [3.63, 3.8) is 0 Å². The number of β-lactam (4-membered cyclic amide) rings is 1. The molecule has 3 rings (SSSR count). The topological polar surface area (TPSA) is 191 Å². The molecule has 2 aliphatic rings. The van der Waals surface area contributed by atoms with Crippen LogP contribution in [0.15, 0.2) is 34.5 Å². The van der Waals surface area contributed by atoms with Gasteiger partial charge in [-0.3, -0.25) is 24.1 Å². The van der Waals surface area contributed by atoms with Crippen LogP contribution < -0.4 is 11.1 Å². The van der Waals surface area contributed by atoms with Crippen LogP contribution in [0, 0.1) is 0 Å². The van der Waals surface area contributed by atoms with E-state index in [2.05, 4.69) is 22.0 Å². The molecule has 1 fully saturated rings. The number of Topliss-reactive ketones (excluding diaryl/α,β-unsaturated/α-hetero) is 1. The number of hydrogen-bond acceptors (Lipinski definition) is 12. The van der Waals surface area contributed by atoms with Crippen molar-refractivity contribution in [1.29, 1.82) is 0 Å². The predicted octanol–water partition coefficient (Wildman–Crippen LogP) is -0.107. The summed E-state index contributed by atoms with van der Waals surface area (Å²) < 4.78 is 4.98. The molecular formula is C20H21N5O8S2. The fourth-order valence-electron chi connectivity index (χ4n) is 3.18. The number of anilines is 1. The zero-order valence-corrected chi connectivity index (χ0v) is 20.0. The lowest BCUT2D eigenvalue weighted by atomic mass is 10.0. The number of ketones is 1. The number of aliphatic carboxylic acids is 1. The van der Waals surface area contributed by atoms with Crippen LogP contribution in [0.4, 0.5) is 5.13 Å². The van der Waals surface area contributed by atoms with Gasteiger partial charge in [-0.2, -0.15) is 0 Å². The van der Waals surface area contributed by atoms with Gasteiger partial charge in [0.25, 0.3) is 11.8 Å². The zero-order chi connectivity index (χ0) is 25.7. The van der Waals surface area contributed by atoms with E-state index in [4.69, 9.17) is 15.3 Å². The molecule has 0 saturated carbocycles. The van der Waals surface area contributed by atoms with Crippen molar-refractivity contribution in [2.75, 3.05) is 24.7 Å². The maximum absolute atomic E-state index is 12.9. The maximum atomic E-state index is 12.9. The molecule has 3 heterocycles. The number of thiazole rings is 1. The van der Waals surface area contributed by atoms with E-state index >= 15 is 0 Å². The summed E-state index contributed by atoms with van der Waals surface area (Å²) >= 11 is 2.27. The van der Waals surface area contributed by atoms with Crippen LogP contribution >= 0.6 is 23.1 Å². The molecule has 0 unspecified atom stereocenters. The third-order valence-corrected chi connectivity index (χ3v) is 6.68. The molecule has 0 radical (unpaired) electrons. The lowest BCUT2D eigenvalue weighted by Gasteiger charge is -2.49. The van der Waals surface area contributed by atoms with Crippen LogP contribution in [-0.4, -0.2) is 80.6 Å². The number of nitrogens with two attached hydrogens (primary N) is 1. The van der Waals surface area contributed by atoms with Gasteiger partial charge in [0.15, 0.2) is 10.8 Å². The Balaban J connectivity index is 1.74. The maximum Gasteiger partial charge on any atom is 0.352 e. The van der Waals surface area contributed by atoms with E-state index in [0.29, 0.717) is 0 Å². The number of amides is 2. The third-order valence-electron chi connectivity index (χ3n) is 4.66. The van der Waals surface area contributed by atoms with E-state index in [9.17, 15) is 29.1 Å². The number of oxime groups is 1. The smallest absolute Gasteiger partial charge is 0.352 e. The molecule has 0 spiro atoms. The van der Waals surface area contributed by atoms with Gasteiger partial charge in [0.05, 0.1) is 0 Å². The van der Waals surface area contributed by atoms with Crippen LogP contribution in [0.1, 0.15) is 19.0 Å². The van der Waals surface area contributed by atoms with E-state index in [-0.39, 0.29) is 46.8 Å². The van der Waals surface area contributed by atoms with Crippen LogP contribution in [0.2, 0.25) is 0 Å². The minimum absolute atomic E-state index is 0.0253. The number of carbonyl (C=O) groups is 5. The molecule has 0 aliphatic carbocycles. The van der Waals surface area contributed by atoms with E-state index in [1.54, 1.807) is 0 Å². The average Bonchev–Trinajstić information content (AvgIpc) is 3.23. The van der Waals surface area contributed by atoms with Gasteiger partial charge in [-0.1, -0.05) is 17.8 Å². The fraction of sp³-hybridized carbons (Fsp3) is 0.350. The fourth-order valence-corrected chi connectivity index (χ4v) is 5.06. The molecule has 2 atom stereocenters. The minimum Gasteiger partial charge on any atom is -0.477 e. The largest absolute Gasteiger partial charge is 0.477 e. The number of hydrogen-bond donors (Lipinski definition) is 3. The molecule has 0 bridgehead atoms. The van der Waals surface area contributed by atoms with Crippen LogP contribution in [0.25, 0.3) is 0 Å². The third kappa shape index (κ3) is 5.86. The van der Waals surface area contributed by atoms with Gasteiger partial charge in [0, 0.05) is 16.7 Å². The van der Waals surface area contributed by atoms with Crippen molar-refractivity contribution < 1.29 is 38.7 Å². The Bertz CT molecular complexity index is 1140. The standard InChI is InChI=1S/C20H21N5O8S2/c1-3-4-33-24-13(11-8-35-20(21)22-11)16(28)23-14-17(29)25-15(19(30)31)10(7-34-18(14)25)6-32-12(27)5-9(2)26/h3,8,14,18H,1,4-7H2,2H3,(H2,21,22)(H,23,28)(H,30,31)/b24-13+/t14-,18-/m1/s1. The van der Waals surface area contributed by atoms with Crippen molar-refractivity contribution in [2.45, 2.75) is 24.8 Å². The molecule has 4 N–H and O–H groups in total. The van der Waals surface area contributed by atoms with E-state index in [0.717, 1.165) is 16.2 Å². The Morgan fingerprint density at radius 1 is 1.43 bits per heavy atom. The lowest BCUT2D eigenvalue weighted by molar-refractivity contribution is -0.150. The summed E-state index contributed by atoms with van der Waals surface area (Å²) in [5, 5.41) is 17.0. The summed E-state index contributed by atoms with van der Waals surface area (Å²) in [6.45, 7) is 4.36. The number of thioether (sulfide) groups is 1. The number of fused-ring (bicyclic) bond motifs is 1. The van der Waals surface area contributed by atoms with Crippen molar-refractivity contribution in [1.82, 2.24) is 15.2 Å². The number of nitrogens with one attached hydrogen (secondary N) is 1. The molecule has 1 aromatic rings. The van der Waals surface area contributed by atoms with Gasteiger partial charge in [-0.15, -0.1) is 23.1 Å². The quantitative estimate of drug-likeness (QED) is 0.0667. The minimum atomic E-state index is -1.39. The summed E-state index contributed by atoms with van der Waals surface area (Å²) in [6.07, 6.45) is 0.989.